The topological polar surface area (TPSA) is 63.6 Å². The van der Waals surface area contributed by atoms with E-state index in [2.05, 4.69) is 0 Å². The maximum atomic E-state index is 10.6. The maximum absolute atomic E-state index is 10.6. The number of carbonyl (C=O) groups is 1. The van der Waals surface area contributed by atoms with Crippen LogP contribution in [0.15, 0.2) is 24.3 Å². The summed E-state index contributed by atoms with van der Waals surface area (Å²) in [4.78, 5) is 20.7. The summed E-state index contributed by atoms with van der Waals surface area (Å²) in [5.74, 6) is -0.0420. The van der Waals surface area contributed by atoms with Crippen molar-refractivity contribution < 1.29 is 19.4 Å². The quantitative estimate of drug-likeness (QED) is 0.568. The van der Waals surface area contributed by atoms with Gasteiger partial charge in [0.25, 0.3) is 0 Å². The predicted molar refractivity (Wildman–Crippen MR) is 48.4 cm³/mol. The first-order valence-corrected chi connectivity index (χ1v) is 3.97. The third kappa shape index (κ3) is 2.67. The Morgan fingerprint density at radius 1 is 1.43 bits per heavy atom. The molecule has 1 atom stereocenters. The second-order valence-electron chi connectivity index (χ2n) is 2.68. The maximum Gasteiger partial charge on any atom is 0.308 e. The van der Waals surface area contributed by atoms with E-state index in [1.165, 1.54) is 37.5 Å². The van der Waals surface area contributed by atoms with Crippen molar-refractivity contribution in [2.45, 2.75) is 13.0 Å². The van der Waals surface area contributed by atoms with Gasteiger partial charge in [0.15, 0.2) is 0 Å². The molecule has 1 radical (unpaired) electrons. The first-order chi connectivity index (χ1) is 6.63. The molecule has 0 aromatic heterocycles. The van der Waals surface area contributed by atoms with Crippen molar-refractivity contribution in [1.29, 1.82) is 0 Å². The summed E-state index contributed by atoms with van der Waals surface area (Å²) in [5, 5.41) is 9.07. The lowest BCUT2D eigenvalue weighted by atomic mass is 10.1. The molecular formula is C10H9O4. The molecule has 1 unspecified atom stereocenters. The van der Waals surface area contributed by atoms with E-state index in [4.69, 9.17) is 9.84 Å². The summed E-state index contributed by atoms with van der Waals surface area (Å²) in [7, 11) is 0. The number of esters is 1. The zero-order valence-electron chi connectivity index (χ0n) is 7.56. The van der Waals surface area contributed by atoms with Crippen LogP contribution in [-0.4, -0.2) is 17.4 Å². The SMILES string of the molecule is CC(=O)Oc1ccc(C(O)[C]=O)cc1. The van der Waals surface area contributed by atoms with Crippen molar-refractivity contribution in [3.63, 3.8) is 0 Å². The monoisotopic (exact) mass is 193 g/mol. The smallest absolute Gasteiger partial charge is 0.308 e. The third-order valence-electron chi connectivity index (χ3n) is 1.57. The summed E-state index contributed by atoms with van der Waals surface area (Å²) >= 11 is 0. The molecule has 1 rings (SSSR count). The van der Waals surface area contributed by atoms with Crippen LogP contribution in [-0.2, 0) is 9.59 Å². The zero-order chi connectivity index (χ0) is 10.6. The number of hydrogen-bond donors (Lipinski definition) is 1. The highest BCUT2D eigenvalue weighted by Crippen LogP contribution is 2.16. The lowest BCUT2D eigenvalue weighted by Crippen LogP contribution is -2.02. The second-order valence-corrected chi connectivity index (χ2v) is 2.68. The van der Waals surface area contributed by atoms with E-state index in [1.807, 2.05) is 0 Å². The van der Waals surface area contributed by atoms with Crippen LogP contribution in [0.1, 0.15) is 18.6 Å². The van der Waals surface area contributed by atoms with Crippen LogP contribution < -0.4 is 4.74 Å². The molecule has 4 nitrogen and oxygen atoms in total. The Morgan fingerprint density at radius 3 is 2.43 bits per heavy atom. The van der Waals surface area contributed by atoms with Gasteiger partial charge in [-0.05, 0) is 17.7 Å². The average Bonchev–Trinajstić information content (AvgIpc) is 2.17. The molecule has 14 heavy (non-hydrogen) atoms. The van der Waals surface area contributed by atoms with Crippen molar-refractivity contribution in [2.75, 3.05) is 0 Å². The lowest BCUT2D eigenvalue weighted by molar-refractivity contribution is -0.131. The van der Waals surface area contributed by atoms with Gasteiger partial charge in [0.05, 0.1) is 0 Å². The molecule has 73 valence electrons. The number of ether oxygens (including phenoxy) is 1. The van der Waals surface area contributed by atoms with Crippen LogP contribution >= 0.6 is 0 Å². The normalized spacial score (nSPS) is 11.9. The Balaban J connectivity index is 2.78. The highest BCUT2D eigenvalue weighted by molar-refractivity contribution is 5.69. The molecule has 0 saturated heterocycles. The van der Waals surface area contributed by atoms with Gasteiger partial charge in [0, 0.05) is 6.92 Å². The van der Waals surface area contributed by atoms with E-state index in [1.54, 1.807) is 0 Å². The summed E-state index contributed by atoms with van der Waals surface area (Å²) < 4.78 is 4.76. The van der Waals surface area contributed by atoms with Gasteiger partial charge in [-0.3, -0.25) is 9.59 Å². The van der Waals surface area contributed by atoms with Gasteiger partial charge in [0.1, 0.15) is 11.9 Å². The molecule has 0 saturated carbocycles. The van der Waals surface area contributed by atoms with Gasteiger partial charge in [-0.25, -0.2) is 0 Å². The van der Waals surface area contributed by atoms with Gasteiger partial charge >= 0.3 is 5.97 Å². The molecule has 0 amide bonds. The molecule has 0 bridgehead atoms. The fourth-order valence-electron chi connectivity index (χ4n) is 0.952. The number of rotatable bonds is 3. The van der Waals surface area contributed by atoms with E-state index in [-0.39, 0.29) is 0 Å². The van der Waals surface area contributed by atoms with Gasteiger partial charge < -0.3 is 9.84 Å². The fraction of sp³-hybridized carbons (Fsp3) is 0.200. The first kappa shape index (κ1) is 10.4. The Bertz CT molecular complexity index is 328. The van der Waals surface area contributed by atoms with Crippen molar-refractivity contribution in [3.05, 3.63) is 29.8 Å². The number of benzene rings is 1. The van der Waals surface area contributed by atoms with Crippen LogP contribution in [0.3, 0.4) is 0 Å². The summed E-state index contributed by atoms with van der Waals surface area (Å²) in [6, 6.07) is 5.98. The van der Waals surface area contributed by atoms with Crippen molar-refractivity contribution in [1.82, 2.24) is 0 Å². The Labute approximate surface area is 81.1 Å². The number of carbonyl (C=O) groups excluding carboxylic acids is 2. The Morgan fingerprint density at radius 2 is 2.00 bits per heavy atom. The molecule has 4 heteroatoms. The van der Waals surface area contributed by atoms with Crippen molar-refractivity contribution >= 4 is 12.3 Å². The van der Waals surface area contributed by atoms with Gasteiger partial charge in [-0.1, -0.05) is 12.1 Å². The lowest BCUT2D eigenvalue weighted by Gasteiger charge is -2.04. The largest absolute Gasteiger partial charge is 0.427 e. The van der Waals surface area contributed by atoms with Crippen LogP contribution in [0.5, 0.6) is 5.75 Å². The van der Waals surface area contributed by atoms with Crippen molar-refractivity contribution in [3.8, 4) is 5.75 Å². The minimum atomic E-state index is -1.25. The molecule has 1 aromatic carbocycles. The second kappa shape index (κ2) is 4.53. The summed E-state index contributed by atoms with van der Waals surface area (Å²) in [5.41, 5.74) is 0.413. The minimum Gasteiger partial charge on any atom is -0.427 e. The van der Waals surface area contributed by atoms with Crippen LogP contribution in [0.25, 0.3) is 0 Å². The first-order valence-electron chi connectivity index (χ1n) is 3.97. The molecule has 0 heterocycles. The van der Waals surface area contributed by atoms with Gasteiger partial charge in [-0.15, -0.1) is 0 Å². The highest BCUT2D eigenvalue weighted by atomic mass is 16.5. The number of hydrogen-bond acceptors (Lipinski definition) is 4. The molecule has 0 aliphatic carbocycles. The zero-order valence-corrected chi connectivity index (χ0v) is 7.56. The third-order valence-corrected chi connectivity index (χ3v) is 1.57. The van der Waals surface area contributed by atoms with Crippen LogP contribution in [0, 0.1) is 0 Å². The van der Waals surface area contributed by atoms with Crippen molar-refractivity contribution in [2.24, 2.45) is 0 Å². The Hall–Kier alpha value is -1.68. The van der Waals surface area contributed by atoms with E-state index in [9.17, 15) is 9.59 Å². The summed E-state index contributed by atoms with van der Waals surface area (Å²) in [6.07, 6.45) is 0.191. The highest BCUT2D eigenvalue weighted by Gasteiger charge is 2.06. The molecule has 1 N–H and O–H groups in total. The molecule has 1 aromatic rings. The number of aliphatic hydroxyl groups is 1. The van der Waals surface area contributed by atoms with E-state index in [0.717, 1.165) is 0 Å². The van der Waals surface area contributed by atoms with Gasteiger partial charge in [0.2, 0.25) is 6.29 Å². The molecule has 0 fully saturated rings. The molecule has 0 aliphatic rings. The Kier molecular flexibility index (Phi) is 3.36. The predicted octanol–water partition coefficient (Wildman–Crippen LogP) is 0.755. The van der Waals surface area contributed by atoms with E-state index >= 15 is 0 Å². The number of aliphatic hydroxyl groups excluding tert-OH is 1. The van der Waals surface area contributed by atoms with Crippen LogP contribution in [0.2, 0.25) is 0 Å². The molecule has 0 aliphatic heterocycles. The average molecular weight is 193 g/mol. The minimum absolute atomic E-state index is 0.374. The van der Waals surface area contributed by atoms with E-state index in [0.29, 0.717) is 11.3 Å². The molecule has 0 spiro atoms. The fourth-order valence-corrected chi connectivity index (χ4v) is 0.952. The van der Waals surface area contributed by atoms with Crippen LogP contribution in [0.4, 0.5) is 0 Å². The van der Waals surface area contributed by atoms with E-state index < -0.39 is 12.1 Å². The standard InChI is InChI=1S/C10H9O4/c1-7(12)14-9-4-2-8(3-5-9)10(13)6-11/h2-5,10,13H,1H3. The molecular weight excluding hydrogens is 184 g/mol. The van der Waals surface area contributed by atoms with Gasteiger partial charge in [-0.2, -0.15) is 0 Å². The summed E-state index contributed by atoms with van der Waals surface area (Å²) in [6.45, 7) is 1.29.